The molecule has 0 aromatic heterocycles. The van der Waals surface area contributed by atoms with Gasteiger partial charge >= 0.3 is 6.61 Å². The van der Waals surface area contributed by atoms with Crippen LogP contribution >= 0.6 is 0 Å². The number of alkyl halides is 2. The summed E-state index contributed by atoms with van der Waals surface area (Å²) in [6.07, 6.45) is 1.65. The Morgan fingerprint density at radius 1 is 1.30 bits per heavy atom. The molecule has 0 saturated carbocycles. The van der Waals surface area contributed by atoms with Crippen LogP contribution in [0, 0.1) is 0 Å². The minimum Gasteiger partial charge on any atom is -0.435 e. The minimum atomic E-state index is -2.81. The van der Waals surface area contributed by atoms with Crippen molar-refractivity contribution in [3.63, 3.8) is 0 Å². The van der Waals surface area contributed by atoms with Gasteiger partial charge in [0.15, 0.2) is 0 Å². The number of aliphatic hydroxyl groups is 1. The number of rotatable bonds is 8. The maximum atomic E-state index is 12.0. The quantitative estimate of drug-likeness (QED) is 0.769. The largest absolute Gasteiger partial charge is 0.435 e. The van der Waals surface area contributed by atoms with Gasteiger partial charge in [-0.05, 0) is 38.0 Å². The van der Waals surface area contributed by atoms with Crippen LogP contribution in [0.25, 0.3) is 0 Å². The molecule has 2 unspecified atom stereocenters. The number of ether oxygens (including phenoxy) is 1. The molecule has 0 fully saturated rings. The Kier molecular flexibility index (Phi) is 6.36. The van der Waals surface area contributed by atoms with Crippen LogP contribution in [-0.4, -0.2) is 23.9 Å². The van der Waals surface area contributed by atoms with Gasteiger partial charge in [-0.2, -0.15) is 8.78 Å². The van der Waals surface area contributed by atoms with Crippen LogP contribution in [0.5, 0.6) is 5.75 Å². The highest BCUT2D eigenvalue weighted by Crippen LogP contribution is 2.20. The highest BCUT2D eigenvalue weighted by atomic mass is 19.3. The van der Waals surface area contributed by atoms with E-state index in [1.807, 2.05) is 13.8 Å². The maximum absolute atomic E-state index is 12.0. The zero-order valence-corrected chi connectivity index (χ0v) is 12.2. The summed E-state index contributed by atoms with van der Waals surface area (Å²) in [5, 5.41) is 13.3. The molecule has 0 amide bonds. The van der Waals surface area contributed by atoms with Crippen molar-refractivity contribution in [1.29, 1.82) is 0 Å². The number of benzene rings is 1. The van der Waals surface area contributed by atoms with Crippen LogP contribution in [0.2, 0.25) is 0 Å². The molecule has 1 aromatic carbocycles. The van der Waals surface area contributed by atoms with Gasteiger partial charge in [-0.25, -0.2) is 0 Å². The summed E-state index contributed by atoms with van der Waals surface area (Å²) in [4.78, 5) is 0. The third-order valence-electron chi connectivity index (χ3n) is 3.18. The molecular formula is C15H23F2NO2. The van der Waals surface area contributed by atoms with Crippen LogP contribution in [0.15, 0.2) is 24.3 Å². The van der Waals surface area contributed by atoms with Gasteiger partial charge in [-0.3, -0.25) is 0 Å². The second-order valence-corrected chi connectivity index (χ2v) is 5.30. The summed E-state index contributed by atoms with van der Waals surface area (Å²) in [5.74, 6) is 0.147. The van der Waals surface area contributed by atoms with Crippen molar-refractivity contribution >= 4 is 0 Å². The van der Waals surface area contributed by atoms with Crippen molar-refractivity contribution in [3.05, 3.63) is 29.8 Å². The first-order valence-corrected chi connectivity index (χ1v) is 6.84. The average Bonchev–Trinajstić information content (AvgIpc) is 2.36. The van der Waals surface area contributed by atoms with Crippen LogP contribution in [0.1, 0.15) is 45.2 Å². The van der Waals surface area contributed by atoms with Crippen LogP contribution in [0.3, 0.4) is 0 Å². The predicted molar refractivity (Wildman–Crippen MR) is 75.0 cm³/mol. The molecule has 0 aliphatic carbocycles. The van der Waals surface area contributed by atoms with E-state index < -0.39 is 12.2 Å². The molecule has 0 radical (unpaired) electrons. The molecule has 0 aliphatic rings. The normalized spacial score (nSPS) is 15.9. The molecule has 0 spiro atoms. The van der Waals surface area contributed by atoms with Gasteiger partial charge in [0, 0.05) is 12.6 Å². The number of hydrogen-bond acceptors (Lipinski definition) is 3. The molecule has 1 rings (SSSR count). The van der Waals surface area contributed by atoms with Gasteiger partial charge < -0.3 is 15.2 Å². The van der Waals surface area contributed by atoms with E-state index in [0.29, 0.717) is 6.54 Å². The number of halogens is 2. The molecule has 5 heteroatoms. The van der Waals surface area contributed by atoms with Gasteiger partial charge in [0.25, 0.3) is 0 Å². The summed E-state index contributed by atoms with van der Waals surface area (Å²) >= 11 is 0. The third kappa shape index (κ3) is 5.84. The monoisotopic (exact) mass is 287 g/mol. The SMILES string of the molecule is CCCC(C)(O)CNC(C)c1ccc(OC(F)F)cc1. The van der Waals surface area contributed by atoms with E-state index in [1.54, 1.807) is 19.1 Å². The first-order chi connectivity index (χ1) is 9.34. The average molecular weight is 287 g/mol. The van der Waals surface area contributed by atoms with Gasteiger partial charge in [-0.1, -0.05) is 25.5 Å². The summed E-state index contributed by atoms with van der Waals surface area (Å²) in [5.41, 5.74) is 0.223. The first-order valence-electron chi connectivity index (χ1n) is 6.84. The van der Waals surface area contributed by atoms with Gasteiger partial charge in [0.1, 0.15) is 5.75 Å². The third-order valence-corrected chi connectivity index (χ3v) is 3.18. The molecule has 0 aliphatic heterocycles. The highest BCUT2D eigenvalue weighted by molar-refractivity contribution is 5.28. The summed E-state index contributed by atoms with van der Waals surface area (Å²) < 4.78 is 28.4. The number of hydrogen-bond donors (Lipinski definition) is 2. The van der Waals surface area contributed by atoms with Crippen molar-refractivity contribution in [3.8, 4) is 5.75 Å². The van der Waals surface area contributed by atoms with E-state index in [4.69, 9.17) is 0 Å². The van der Waals surface area contributed by atoms with Gasteiger partial charge in [-0.15, -0.1) is 0 Å². The molecule has 0 bridgehead atoms. The summed E-state index contributed by atoms with van der Waals surface area (Å²) in [7, 11) is 0. The lowest BCUT2D eigenvalue weighted by Gasteiger charge is -2.25. The smallest absolute Gasteiger partial charge is 0.387 e. The minimum absolute atomic E-state index is 0.0268. The Morgan fingerprint density at radius 2 is 1.90 bits per heavy atom. The van der Waals surface area contributed by atoms with E-state index >= 15 is 0 Å². The molecule has 2 N–H and O–H groups in total. The lowest BCUT2D eigenvalue weighted by Crippen LogP contribution is -2.38. The zero-order chi connectivity index (χ0) is 15.2. The van der Waals surface area contributed by atoms with Crippen molar-refractivity contribution in [2.24, 2.45) is 0 Å². The molecule has 3 nitrogen and oxygen atoms in total. The van der Waals surface area contributed by atoms with E-state index in [9.17, 15) is 13.9 Å². The van der Waals surface area contributed by atoms with Crippen molar-refractivity contribution in [1.82, 2.24) is 5.32 Å². The fourth-order valence-corrected chi connectivity index (χ4v) is 2.06. The molecule has 0 heterocycles. The fraction of sp³-hybridized carbons (Fsp3) is 0.600. The number of nitrogens with one attached hydrogen (secondary N) is 1. The van der Waals surface area contributed by atoms with E-state index in [1.165, 1.54) is 12.1 Å². The standard InChI is InChI=1S/C15H23F2NO2/c1-4-9-15(3,19)10-18-11(2)12-5-7-13(8-6-12)20-14(16)17/h5-8,11,14,18-19H,4,9-10H2,1-3H3. The molecule has 114 valence electrons. The Labute approximate surface area is 119 Å². The van der Waals surface area contributed by atoms with E-state index in [2.05, 4.69) is 10.1 Å². The highest BCUT2D eigenvalue weighted by Gasteiger charge is 2.19. The van der Waals surface area contributed by atoms with E-state index in [0.717, 1.165) is 18.4 Å². The predicted octanol–water partition coefficient (Wildman–Crippen LogP) is 3.49. The van der Waals surface area contributed by atoms with Gasteiger partial charge in [0.2, 0.25) is 0 Å². The Hall–Kier alpha value is -1.20. The molecule has 0 saturated heterocycles. The van der Waals surface area contributed by atoms with Crippen LogP contribution < -0.4 is 10.1 Å². The topological polar surface area (TPSA) is 41.5 Å². The van der Waals surface area contributed by atoms with Crippen molar-refractivity contribution < 1.29 is 18.6 Å². The Balaban J connectivity index is 2.53. The zero-order valence-electron chi connectivity index (χ0n) is 12.2. The fourth-order valence-electron chi connectivity index (χ4n) is 2.06. The second kappa shape index (κ2) is 7.55. The van der Waals surface area contributed by atoms with Crippen LogP contribution in [-0.2, 0) is 0 Å². The molecular weight excluding hydrogens is 264 g/mol. The van der Waals surface area contributed by atoms with E-state index in [-0.39, 0.29) is 11.8 Å². The molecule has 20 heavy (non-hydrogen) atoms. The summed E-state index contributed by atoms with van der Waals surface area (Å²) in [6.45, 7) is 3.47. The van der Waals surface area contributed by atoms with Crippen molar-refractivity contribution in [2.75, 3.05) is 6.54 Å². The van der Waals surface area contributed by atoms with Crippen LogP contribution in [0.4, 0.5) is 8.78 Å². The lowest BCUT2D eigenvalue weighted by atomic mass is 9.99. The second-order valence-electron chi connectivity index (χ2n) is 5.30. The Bertz CT molecular complexity index is 393. The van der Waals surface area contributed by atoms with Gasteiger partial charge in [0.05, 0.1) is 5.60 Å². The Morgan fingerprint density at radius 3 is 2.40 bits per heavy atom. The van der Waals surface area contributed by atoms with Crippen molar-refractivity contribution in [2.45, 2.75) is 51.9 Å². The maximum Gasteiger partial charge on any atom is 0.387 e. The lowest BCUT2D eigenvalue weighted by molar-refractivity contribution is -0.0498. The first kappa shape index (κ1) is 16.9. The molecule has 2 atom stereocenters. The summed E-state index contributed by atoms with van der Waals surface area (Å²) in [6, 6.07) is 6.54. The molecule has 1 aromatic rings.